The molecular formula is C17H18ClN3O. The number of fused-ring (bicyclic) bond motifs is 1. The van der Waals surface area contributed by atoms with Gasteiger partial charge in [-0.25, -0.2) is 4.98 Å². The average Bonchev–Trinajstić information content (AvgIpc) is 2.90. The molecule has 3 aromatic rings. The van der Waals surface area contributed by atoms with Crippen LogP contribution >= 0.6 is 11.6 Å². The zero-order valence-corrected chi connectivity index (χ0v) is 13.2. The van der Waals surface area contributed by atoms with E-state index in [0.29, 0.717) is 11.6 Å². The maximum absolute atomic E-state index is 6.13. The number of nitrogens with two attached hydrogens (primary N) is 1. The summed E-state index contributed by atoms with van der Waals surface area (Å²) >= 11 is 6.13. The number of halogens is 1. The molecule has 2 N–H and O–H groups in total. The molecule has 0 atom stereocenters. The molecule has 0 radical (unpaired) electrons. The van der Waals surface area contributed by atoms with Gasteiger partial charge in [-0.3, -0.25) is 0 Å². The minimum atomic E-state index is 0.644. The van der Waals surface area contributed by atoms with Gasteiger partial charge in [0.15, 0.2) is 0 Å². The fourth-order valence-corrected chi connectivity index (χ4v) is 2.74. The third-order valence-corrected chi connectivity index (χ3v) is 3.87. The minimum Gasteiger partial charge on any atom is -0.497 e. The largest absolute Gasteiger partial charge is 0.497 e. The molecule has 5 heteroatoms. The number of rotatable bonds is 5. The molecule has 0 amide bonds. The molecular weight excluding hydrogens is 298 g/mol. The lowest BCUT2D eigenvalue weighted by molar-refractivity contribution is 0.415. The van der Waals surface area contributed by atoms with Gasteiger partial charge in [0.25, 0.3) is 0 Å². The Hall–Kier alpha value is -2.04. The van der Waals surface area contributed by atoms with Crippen molar-refractivity contribution in [3.8, 4) is 17.0 Å². The maximum atomic E-state index is 6.13. The Labute approximate surface area is 134 Å². The molecule has 2 heterocycles. The molecule has 0 aliphatic rings. The summed E-state index contributed by atoms with van der Waals surface area (Å²) < 4.78 is 7.36. The molecule has 114 valence electrons. The highest BCUT2D eigenvalue weighted by Gasteiger charge is 2.14. The van der Waals surface area contributed by atoms with Crippen molar-refractivity contribution in [3.05, 3.63) is 53.3 Å². The van der Waals surface area contributed by atoms with Crippen molar-refractivity contribution in [1.29, 1.82) is 0 Å². The van der Waals surface area contributed by atoms with Crippen LogP contribution in [0.25, 0.3) is 16.9 Å². The highest BCUT2D eigenvalue weighted by Crippen LogP contribution is 2.29. The normalized spacial score (nSPS) is 11.0. The third kappa shape index (κ3) is 2.80. The van der Waals surface area contributed by atoms with Crippen LogP contribution in [0.2, 0.25) is 5.02 Å². The summed E-state index contributed by atoms with van der Waals surface area (Å²) in [6.07, 6.45) is 3.65. The zero-order chi connectivity index (χ0) is 15.5. The van der Waals surface area contributed by atoms with Crippen molar-refractivity contribution >= 4 is 17.2 Å². The molecule has 0 bridgehead atoms. The molecule has 0 aliphatic heterocycles. The standard InChI is InChI=1S/C17H18ClN3O/c1-22-14-5-2-4-12(10-14)17-15(6-3-9-19)21-11-13(18)7-8-16(21)20-17/h2,4-5,7-8,10-11H,3,6,9,19H2,1H3. The van der Waals surface area contributed by atoms with Gasteiger partial charge < -0.3 is 14.9 Å². The molecule has 1 aromatic carbocycles. The van der Waals surface area contributed by atoms with Crippen molar-refractivity contribution in [2.45, 2.75) is 12.8 Å². The molecule has 0 saturated heterocycles. The second-order valence-corrected chi connectivity index (χ2v) is 5.54. The van der Waals surface area contributed by atoms with Crippen LogP contribution in [0, 0.1) is 0 Å². The first kappa shape index (κ1) is 14.9. The smallest absolute Gasteiger partial charge is 0.137 e. The van der Waals surface area contributed by atoms with Crippen molar-refractivity contribution < 1.29 is 4.74 Å². The second-order valence-electron chi connectivity index (χ2n) is 5.11. The first-order chi connectivity index (χ1) is 10.7. The van der Waals surface area contributed by atoms with Crippen molar-refractivity contribution in [2.75, 3.05) is 13.7 Å². The van der Waals surface area contributed by atoms with Gasteiger partial charge >= 0.3 is 0 Å². The number of aromatic nitrogens is 2. The SMILES string of the molecule is COc1cccc(-c2nc3ccc(Cl)cn3c2CCCN)c1. The van der Waals surface area contributed by atoms with Gasteiger partial charge in [-0.2, -0.15) is 0 Å². The van der Waals surface area contributed by atoms with E-state index in [1.165, 1.54) is 0 Å². The Kier molecular flexibility index (Phi) is 4.32. The number of pyridine rings is 1. The summed E-state index contributed by atoms with van der Waals surface area (Å²) in [6, 6.07) is 11.7. The lowest BCUT2D eigenvalue weighted by Crippen LogP contribution is -2.03. The summed E-state index contributed by atoms with van der Waals surface area (Å²) in [4.78, 5) is 4.76. The van der Waals surface area contributed by atoms with Crippen LogP contribution in [0.3, 0.4) is 0 Å². The lowest BCUT2D eigenvalue weighted by Gasteiger charge is -2.06. The maximum Gasteiger partial charge on any atom is 0.137 e. The van der Waals surface area contributed by atoms with Crippen LogP contribution in [0.5, 0.6) is 5.75 Å². The number of ether oxygens (including phenoxy) is 1. The van der Waals surface area contributed by atoms with Crippen LogP contribution in [0.15, 0.2) is 42.6 Å². The Morgan fingerprint density at radius 2 is 2.14 bits per heavy atom. The Balaban J connectivity index is 2.18. The number of aryl methyl sites for hydroxylation is 1. The van der Waals surface area contributed by atoms with Gasteiger partial charge in [0.1, 0.15) is 11.4 Å². The van der Waals surface area contributed by atoms with E-state index in [-0.39, 0.29) is 0 Å². The number of hydrogen-bond acceptors (Lipinski definition) is 3. The Morgan fingerprint density at radius 1 is 1.27 bits per heavy atom. The molecule has 3 rings (SSSR count). The molecule has 0 unspecified atom stereocenters. The molecule has 0 aliphatic carbocycles. The van der Waals surface area contributed by atoms with Crippen LogP contribution < -0.4 is 10.5 Å². The third-order valence-electron chi connectivity index (χ3n) is 3.64. The molecule has 0 spiro atoms. The van der Waals surface area contributed by atoms with Gasteiger partial charge in [-0.15, -0.1) is 0 Å². The summed E-state index contributed by atoms with van der Waals surface area (Å²) in [5.41, 5.74) is 9.67. The quantitative estimate of drug-likeness (QED) is 0.783. The van der Waals surface area contributed by atoms with E-state index in [1.54, 1.807) is 7.11 Å². The first-order valence-electron chi connectivity index (χ1n) is 7.24. The number of methoxy groups -OCH3 is 1. The van der Waals surface area contributed by atoms with E-state index >= 15 is 0 Å². The monoisotopic (exact) mass is 315 g/mol. The van der Waals surface area contributed by atoms with E-state index < -0.39 is 0 Å². The van der Waals surface area contributed by atoms with E-state index in [0.717, 1.165) is 41.2 Å². The zero-order valence-electron chi connectivity index (χ0n) is 12.4. The summed E-state index contributed by atoms with van der Waals surface area (Å²) in [7, 11) is 1.66. The van der Waals surface area contributed by atoms with E-state index in [9.17, 15) is 0 Å². The van der Waals surface area contributed by atoms with Crippen LogP contribution in [0.1, 0.15) is 12.1 Å². The lowest BCUT2D eigenvalue weighted by atomic mass is 10.1. The van der Waals surface area contributed by atoms with Crippen molar-refractivity contribution in [1.82, 2.24) is 9.38 Å². The van der Waals surface area contributed by atoms with E-state index in [2.05, 4.69) is 0 Å². The molecule has 2 aromatic heterocycles. The Morgan fingerprint density at radius 3 is 2.91 bits per heavy atom. The van der Waals surface area contributed by atoms with Crippen LogP contribution in [-0.2, 0) is 6.42 Å². The number of hydrogen-bond donors (Lipinski definition) is 1. The van der Waals surface area contributed by atoms with E-state index in [1.807, 2.05) is 47.0 Å². The molecule has 22 heavy (non-hydrogen) atoms. The minimum absolute atomic E-state index is 0.644. The average molecular weight is 316 g/mol. The van der Waals surface area contributed by atoms with Gasteiger partial charge in [0.05, 0.1) is 23.5 Å². The predicted octanol–water partition coefficient (Wildman–Crippen LogP) is 3.55. The summed E-state index contributed by atoms with van der Waals surface area (Å²) in [6.45, 7) is 0.644. The first-order valence-corrected chi connectivity index (χ1v) is 7.61. The molecule has 4 nitrogen and oxygen atoms in total. The second kappa shape index (κ2) is 6.38. The fraction of sp³-hybridized carbons (Fsp3) is 0.235. The number of benzene rings is 1. The van der Waals surface area contributed by atoms with Gasteiger partial charge in [-0.1, -0.05) is 23.7 Å². The van der Waals surface area contributed by atoms with Crippen LogP contribution in [0.4, 0.5) is 0 Å². The molecule has 0 fully saturated rings. The summed E-state index contributed by atoms with van der Waals surface area (Å²) in [5.74, 6) is 0.817. The topological polar surface area (TPSA) is 52.5 Å². The highest BCUT2D eigenvalue weighted by molar-refractivity contribution is 6.30. The van der Waals surface area contributed by atoms with Gasteiger partial charge in [-0.05, 0) is 43.7 Å². The molecule has 0 saturated carbocycles. The van der Waals surface area contributed by atoms with Crippen molar-refractivity contribution in [3.63, 3.8) is 0 Å². The van der Waals surface area contributed by atoms with Crippen molar-refractivity contribution in [2.24, 2.45) is 5.73 Å². The predicted molar refractivity (Wildman–Crippen MR) is 89.6 cm³/mol. The summed E-state index contributed by atoms with van der Waals surface area (Å²) in [5, 5.41) is 0.691. The number of imidazole rings is 1. The van der Waals surface area contributed by atoms with Gasteiger partial charge in [0, 0.05) is 11.8 Å². The fourth-order valence-electron chi connectivity index (χ4n) is 2.58. The van der Waals surface area contributed by atoms with E-state index in [4.69, 9.17) is 27.1 Å². The Bertz CT molecular complexity index is 798. The van der Waals surface area contributed by atoms with Gasteiger partial charge in [0.2, 0.25) is 0 Å². The highest BCUT2D eigenvalue weighted by atomic mass is 35.5. The number of nitrogens with zero attached hydrogens (tertiary/aromatic N) is 2. The van der Waals surface area contributed by atoms with Crippen LogP contribution in [-0.4, -0.2) is 23.0 Å².